The molecule has 0 atom stereocenters. The van der Waals surface area contributed by atoms with Gasteiger partial charge in [-0.1, -0.05) is 42.5 Å². The predicted molar refractivity (Wildman–Crippen MR) is 151 cm³/mol. The molecule has 0 unspecified atom stereocenters. The summed E-state index contributed by atoms with van der Waals surface area (Å²) in [6.45, 7) is 4.65. The Hall–Kier alpha value is -4.70. The van der Waals surface area contributed by atoms with E-state index in [2.05, 4.69) is 0 Å². The van der Waals surface area contributed by atoms with E-state index in [4.69, 9.17) is 14.5 Å². The van der Waals surface area contributed by atoms with Crippen LogP contribution in [-0.2, 0) is 10.0 Å². The molecule has 0 saturated carbocycles. The lowest BCUT2D eigenvalue weighted by Gasteiger charge is -2.26. The van der Waals surface area contributed by atoms with Gasteiger partial charge in [0.2, 0.25) is 0 Å². The van der Waals surface area contributed by atoms with Crippen LogP contribution < -0.4 is 13.8 Å². The fourth-order valence-corrected chi connectivity index (χ4v) is 5.49. The van der Waals surface area contributed by atoms with E-state index in [1.54, 1.807) is 78.9 Å². The number of hydrogen-bond donors (Lipinski definition) is 0. The van der Waals surface area contributed by atoms with Crippen molar-refractivity contribution in [3.63, 3.8) is 0 Å². The summed E-state index contributed by atoms with van der Waals surface area (Å²) in [5.41, 5.74) is 0.639. The zero-order valence-corrected chi connectivity index (χ0v) is 22.2. The lowest BCUT2D eigenvalue weighted by Crippen LogP contribution is -2.38. The zero-order valence-electron chi connectivity index (χ0n) is 21.4. The number of amidine groups is 1. The van der Waals surface area contributed by atoms with Crippen LogP contribution in [0.3, 0.4) is 0 Å². The number of hydrogen-bond acceptors (Lipinski definition) is 7. The number of nitrogens with zero attached hydrogens (tertiary/aromatic N) is 3. The van der Waals surface area contributed by atoms with Gasteiger partial charge in [0, 0.05) is 11.6 Å². The summed E-state index contributed by atoms with van der Waals surface area (Å²) in [6.07, 6.45) is 0. The Morgan fingerprint density at radius 1 is 0.795 bits per heavy atom. The second kappa shape index (κ2) is 12.2. The number of rotatable bonds is 10. The van der Waals surface area contributed by atoms with Crippen molar-refractivity contribution in [2.45, 2.75) is 18.7 Å². The number of nitro benzene ring substituents is 1. The van der Waals surface area contributed by atoms with Gasteiger partial charge in [0.25, 0.3) is 15.7 Å². The Morgan fingerprint density at radius 3 is 1.90 bits per heavy atom. The zero-order chi connectivity index (χ0) is 27.8. The average molecular weight is 546 g/mol. The SMILES string of the molecule is CCOc1ccc(N=C(c2ccccc2)N(c2ccc(OCC)cc2)S(=O)(=O)c2ccccc2[N+](=O)[O-])cc1. The summed E-state index contributed by atoms with van der Waals surface area (Å²) >= 11 is 0. The third kappa shape index (κ3) is 6.24. The molecule has 0 radical (unpaired) electrons. The van der Waals surface area contributed by atoms with Gasteiger partial charge in [0.15, 0.2) is 10.7 Å². The molecule has 4 rings (SSSR count). The fraction of sp³-hybridized carbons (Fsp3) is 0.138. The summed E-state index contributed by atoms with van der Waals surface area (Å²) in [5, 5.41) is 11.8. The number of sulfonamides is 1. The van der Waals surface area contributed by atoms with Crippen LogP contribution in [0.4, 0.5) is 17.1 Å². The predicted octanol–water partition coefficient (Wildman–Crippen LogP) is 6.37. The minimum atomic E-state index is -4.54. The number of aliphatic imine (C=N–C) groups is 1. The van der Waals surface area contributed by atoms with Crippen LogP contribution in [0.15, 0.2) is 113 Å². The summed E-state index contributed by atoms with van der Waals surface area (Å²) < 4.78 is 40.7. The molecule has 0 aromatic heterocycles. The van der Waals surface area contributed by atoms with Gasteiger partial charge in [-0.2, -0.15) is 0 Å². The van der Waals surface area contributed by atoms with Crippen molar-refractivity contribution in [1.29, 1.82) is 0 Å². The van der Waals surface area contributed by atoms with Crippen LogP contribution in [0.25, 0.3) is 0 Å². The molecule has 0 heterocycles. The molecule has 0 fully saturated rings. The minimum absolute atomic E-state index is 0.0575. The molecule has 200 valence electrons. The van der Waals surface area contributed by atoms with Gasteiger partial charge >= 0.3 is 0 Å². The molecule has 0 amide bonds. The van der Waals surface area contributed by atoms with E-state index in [0.29, 0.717) is 36.0 Å². The van der Waals surface area contributed by atoms with Gasteiger partial charge < -0.3 is 9.47 Å². The first-order chi connectivity index (χ1) is 18.8. The minimum Gasteiger partial charge on any atom is -0.494 e. The van der Waals surface area contributed by atoms with Gasteiger partial charge in [-0.25, -0.2) is 17.7 Å². The van der Waals surface area contributed by atoms with Crippen LogP contribution in [0, 0.1) is 10.1 Å². The van der Waals surface area contributed by atoms with Crippen LogP contribution in [0.1, 0.15) is 19.4 Å². The Balaban J connectivity index is 1.98. The second-order valence-electron chi connectivity index (χ2n) is 8.15. The maximum atomic E-state index is 14.3. The number of ether oxygens (including phenoxy) is 2. The van der Waals surface area contributed by atoms with E-state index in [1.165, 1.54) is 18.2 Å². The molecule has 0 aliphatic rings. The second-order valence-corrected chi connectivity index (χ2v) is 9.90. The van der Waals surface area contributed by atoms with Gasteiger partial charge in [-0.3, -0.25) is 10.1 Å². The van der Waals surface area contributed by atoms with Gasteiger partial charge in [0.05, 0.1) is 29.5 Å². The maximum absolute atomic E-state index is 14.3. The fourth-order valence-electron chi connectivity index (χ4n) is 3.86. The average Bonchev–Trinajstić information content (AvgIpc) is 2.95. The quantitative estimate of drug-likeness (QED) is 0.0991. The molecule has 10 heteroatoms. The molecular formula is C29H27N3O6S. The largest absolute Gasteiger partial charge is 0.494 e. The van der Waals surface area contributed by atoms with E-state index in [9.17, 15) is 18.5 Å². The number of nitro groups is 1. The van der Waals surface area contributed by atoms with Gasteiger partial charge in [-0.05, 0) is 68.4 Å². The first-order valence-corrected chi connectivity index (χ1v) is 13.7. The summed E-state index contributed by atoms with van der Waals surface area (Å²) in [7, 11) is -4.54. The Labute approximate surface area is 227 Å². The third-order valence-corrected chi connectivity index (χ3v) is 7.34. The molecule has 0 bridgehead atoms. The van der Waals surface area contributed by atoms with Crippen molar-refractivity contribution in [1.82, 2.24) is 0 Å². The van der Waals surface area contributed by atoms with E-state index >= 15 is 0 Å². The highest BCUT2D eigenvalue weighted by molar-refractivity contribution is 7.93. The summed E-state index contributed by atoms with van der Waals surface area (Å²) in [4.78, 5) is 15.4. The van der Waals surface area contributed by atoms with Crippen LogP contribution in [-0.4, -0.2) is 32.4 Å². The lowest BCUT2D eigenvalue weighted by molar-refractivity contribution is -0.387. The van der Waals surface area contributed by atoms with Crippen molar-refractivity contribution < 1.29 is 22.8 Å². The standard InChI is InChI=1S/C29H27N3O6S/c1-3-37-25-18-14-23(15-19-25)30-29(22-10-6-5-7-11-22)31(24-16-20-26(21-17-24)38-4-2)39(35,36)28-13-9-8-12-27(28)32(33)34/h5-21H,3-4H2,1-2H3. The number of para-hydroxylation sites is 1. The maximum Gasteiger partial charge on any atom is 0.289 e. The van der Waals surface area contributed by atoms with Crippen LogP contribution in [0.5, 0.6) is 11.5 Å². The van der Waals surface area contributed by atoms with Crippen molar-refractivity contribution in [2.24, 2.45) is 4.99 Å². The highest BCUT2D eigenvalue weighted by Gasteiger charge is 2.35. The molecule has 0 aliphatic carbocycles. The Bertz CT molecular complexity index is 1560. The highest BCUT2D eigenvalue weighted by atomic mass is 32.2. The normalized spacial score (nSPS) is 11.6. The van der Waals surface area contributed by atoms with E-state index in [0.717, 1.165) is 10.4 Å². The Kier molecular flexibility index (Phi) is 8.57. The van der Waals surface area contributed by atoms with Crippen molar-refractivity contribution in [2.75, 3.05) is 17.5 Å². The van der Waals surface area contributed by atoms with Crippen molar-refractivity contribution in [3.8, 4) is 11.5 Å². The molecule has 0 saturated heterocycles. The monoisotopic (exact) mass is 545 g/mol. The lowest BCUT2D eigenvalue weighted by atomic mass is 10.2. The summed E-state index contributed by atoms with van der Waals surface area (Å²) in [5.74, 6) is 1.25. The van der Waals surface area contributed by atoms with Crippen molar-refractivity contribution >= 4 is 32.9 Å². The first kappa shape index (κ1) is 27.3. The molecule has 0 aliphatic heterocycles. The Morgan fingerprint density at radius 2 is 1.33 bits per heavy atom. The van der Waals surface area contributed by atoms with Crippen LogP contribution >= 0.6 is 0 Å². The molecule has 0 N–H and O–H groups in total. The molecule has 4 aromatic carbocycles. The van der Waals surface area contributed by atoms with Crippen LogP contribution in [0.2, 0.25) is 0 Å². The number of benzene rings is 4. The topological polar surface area (TPSA) is 111 Å². The van der Waals surface area contributed by atoms with Gasteiger partial charge in [0.1, 0.15) is 11.5 Å². The highest BCUT2D eigenvalue weighted by Crippen LogP contribution is 2.33. The molecular weight excluding hydrogens is 518 g/mol. The van der Waals surface area contributed by atoms with Crippen molar-refractivity contribution in [3.05, 3.63) is 119 Å². The molecule has 9 nitrogen and oxygen atoms in total. The molecule has 39 heavy (non-hydrogen) atoms. The number of anilines is 1. The third-order valence-electron chi connectivity index (χ3n) is 5.57. The summed E-state index contributed by atoms with van der Waals surface area (Å²) in [6, 6.07) is 27.4. The smallest absolute Gasteiger partial charge is 0.289 e. The first-order valence-electron chi connectivity index (χ1n) is 12.2. The van der Waals surface area contributed by atoms with E-state index < -0.39 is 25.5 Å². The molecule has 4 aromatic rings. The van der Waals surface area contributed by atoms with E-state index in [-0.39, 0.29) is 11.5 Å². The van der Waals surface area contributed by atoms with Gasteiger partial charge in [-0.15, -0.1) is 0 Å². The molecule has 0 spiro atoms. The van der Waals surface area contributed by atoms with E-state index in [1.807, 2.05) is 13.8 Å².